The lowest BCUT2D eigenvalue weighted by Crippen LogP contribution is -2.02. The van der Waals surface area contributed by atoms with Crippen LogP contribution in [-0.4, -0.2) is 16.6 Å². The van der Waals surface area contributed by atoms with Gasteiger partial charge in [0.15, 0.2) is 0 Å². The third-order valence-corrected chi connectivity index (χ3v) is 3.00. The summed E-state index contributed by atoms with van der Waals surface area (Å²) >= 11 is 1.72. The van der Waals surface area contributed by atoms with Gasteiger partial charge in [-0.05, 0) is 17.9 Å². The van der Waals surface area contributed by atoms with E-state index in [0.29, 0.717) is 12.5 Å². The molecular weight excluding hydrogens is 234 g/mol. The highest BCUT2D eigenvalue weighted by atomic mass is 32.1. The molecule has 2 heterocycles. The average Bonchev–Trinajstić information content (AvgIpc) is 2.87. The summed E-state index contributed by atoms with van der Waals surface area (Å²) in [7, 11) is 0. The van der Waals surface area contributed by atoms with Gasteiger partial charge in [-0.1, -0.05) is 13.0 Å². The highest BCUT2D eigenvalue weighted by molar-refractivity contribution is 7.09. The smallest absolute Gasteiger partial charge is 0.218 e. The average molecular weight is 249 g/mol. The molecule has 0 aliphatic rings. The molecule has 2 rings (SSSR count). The largest absolute Gasteiger partial charge is 0.478 e. The number of aromatic nitrogens is 2. The van der Waals surface area contributed by atoms with Gasteiger partial charge in [-0.25, -0.2) is 9.97 Å². The molecule has 0 aliphatic heterocycles. The lowest BCUT2D eigenvalue weighted by Gasteiger charge is -2.06. The first-order chi connectivity index (χ1) is 8.38. The van der Waals surface area contributed by atoms with Gasteiger partial charge in [0.05, 0.1) is 13.2 Å². The van der Waals surface area contributed by atoms with Crippen LogP contribution in [0.2, 0.25) is 0 Å². The van der Waals surface area contributed by atoms with Crippen LogP contribution in [0.4, 0.5) is 5.82 Å². The Morgan fingerprint density at radius 1 is 1.41 bits per heavy atom. The van der Waals surface area contributed by atoms with Gasteiger partial charge in [-0.2, -0.15) is 0 Å². The maximum atomic E-state index is 5.44. The standard InChI is InChI=1S/C12H15N3OS/c1-2-5-16-12-7-11(14-9-15-12)13-8-10-4-3-6-17-10/h3-4,6-7,9H,2,5,8H2,1H3,(H,13,14,15). The molecule has 90 valence electrons. The fourth-order valence-electron chi connectivity index (χ4n) is 1.31. The molecule has 0 amide bonds. The predicted molar refractivity (Wildman–Crippen MR) is 69.5 cm³/mol. The maximum Gasteiger partial charge on any atom is 0.218 e. The van der Waals surface area contributed by atoms with E-state index in [1.807, 2.05) is 12.1 Å². The Balaban J connectivity index is 1.91. The second kappa shape index (κ2) is 6.20. The Morgan fingerprint density at radius 2 is 2.35 bits per heavy atom. The van der Waals surface area contributed by atoms with Gasteiger partial charge in [-0.3, -0.25) is 0 Å². The Kier molecular flexibility index (Phi) is 4.32. The van der Waals surface area contributed by atoms with E-state index in [1.165, 1.54) is 11.2 Å². The van der Waals surface area contributed by atoms with E-state index in [0.717, 1.165) is 18.8 Å². The summed E-state index contributed by atoms with van der Waals surface area (Å²) in [5, 5.41) is 5.31. The van der Waals surface area contributed by atoms with Crippen LogP contribution in [0.15, 0.2) is 29.9 Å². The Labute approximate surface area is 105 Å². The van der Waals surface area contributed by atoms with Crippen LogP contribution < -0.4 is 10.1 Å². The zero-order chi connectivity index (χ0) is 11.9. The van der Waals surface area contributed by atoms with Crippen LogP contribution in [0.3, 0.4) is 0 Å². The number of anilines is 1. The third kappa shape index (κ3) is 3.71. The molecular formula is C12H15N3OS. The predicted octanol–water partition coefficient (Wildman–Crippen LogP) is 2.94. The summed E-state index contributed by atoms with van der Waals surface area (Å²) in [6, 6.07) is 5.95. The molecule has 0 radical (unpaired) electrons. The van der Waals surface area contributed by atoms with Gasteiger partial charge in [0, 0.05) is 10.9 Å². The van der Waals surface area contributed by atoms with Crippen LogP contribution in [0.5, 0.6) is 5.88 Å². The topological polar surface area (TPSA) is 47.0 Å². The van der Waals surface area contributed by atoms with Crippen molar-refractivity contribution in [3.63, 3.8) is 0 Å². The highest BCUT2D eigenvalue weighted by Gasteiger charge is 1.99. The first kappa shape index (κ1) is 11.9. The van der Waals surface area contributed by atoms with Crippen LogP contribution in [-0.2, 0) is 6.54 Å². The molecule has 0 aromatic carbocycles. The van der Waals surface area contributed by atoms with Crippen molar-refractivity contribution in [2.45, 2.75) is 19.9 Å². The van der Waals surface area contributed by atoms with E-state index in [9.17, 15) is 0 Å². The molecule has 0 bridgehead atoms. The van der Waals surface area contributed by atoms with Crippen LogP contribution in [0.1, 0.15) is 18.2 Å². The highest BCUT2D eigenvalue weighted by Crippen LogP contribution is 2.14. The van der Waals surface area contributed by atoms with Crippen molar-refractivity contribution in [1.29, 1.82) is 0 Å². The van der Waals surface area contributed by atoms with E-state index >= 15 is 0 Å². The molecule has 0 fully saturated rings. The van der Waals surface area contributed by atoms with Gasteiger partial charge < -0.3 is 10.1 Å². The second-order valence-corrected chi connectivity index (χ2v) is 4.56. The van der Waals surface area contributed by atoms with E-state index in [1.54, 1.807) is 11.3 Å². The molecule has 0 atom stereocenters. The van der Waals surface area contributed by atoms with Gasteiger partial charge in [0.1, 0.15) is 12.1 Å². The molecule has 2 aromatic rings. The molecule has 1 N–H and O–H groups in total. The van der Waals surface area contributed by atoms with Gasteiger partial charge in [0.2, 0.25) is 5.88 Å². The van der Waals surface area contributed by atoms with Crippen molar-refractivity contribution >= 4 is 17.2 Å². The van der Waals surface area contributed by atoms with Crippen molar-refractivity contribution in [3.8, 4) is 5.88 Å². The lowest BCUT2D eigenvalue weighted by molar-refractivity contribution is 0.305. The number of hydrogen-bond acceptors (Lipinski definition) is 5. The summed E-state index contributed by atoms with van der Waals surface area (Å²) in [5.74, 6) is 1.41. The Morgan fingerprint density at radius 3 is 3.12 bits per heavy atom. The summed E-state index contributed by atoms with van der Waals surface area (Å²) < 4.78 is 5.44. The minimum atomic E-state index is 0.621. The van der Waals surface area contributed by atoms with E-state index in [2.05, 4.69) is 33.7 Å². The fraction of sp³-hybridized carbons (Fsp3) is 0.333. The molecule has 5 heteroatoms. The van der Waals surface area contributed by atoms with Crippen molar-refractivity contribution < 1.29 is 4.74 Å². The minimum Gasteiger partial charge on any atom is -0.478 e. The Hall–Kier alpha value is -1.62. The molecule has 2 aromatic heterocycles. The van der Waals surface area contributed by atoms with Crippen molar-refractivity contribution in [1.82, 2.24) is 9.97 Å². The van der Waals surface area contributed by atoms with Crippen LogP contribution >= 0.6 is 11.3 Å². The zero-order valence-corrected chi connectivity index (χ0v) is 10.5. The molecule has 0 spiro atoms. The van der Waals surface area contributed by atoms with E-state index < -0.39 is 0 Å². The molecule has 0 saturated carbocycles. The SMILES string of the molecule is CCCOc1cc(NCc2cccs2)ncn1. The number of thiophene rings is 1. The summed E-state index contributed by atoms with van der Waals surface area (Å²) in [6.07, 6.45) is 2.49. The van der Waals surface area contributed by atoms with Gasteiger partial charge in [-0.15, -0.1) is 11.3 Å². The van der Waals surface area contributed by atoms with Crippen molar-refractivity contribution in [2.24, 2.45) is 0 Å². The molecule has 17 heavy (non-hydrogen) atoms. The van der Waals surface area contributed by atoms with Crippen molar-refractivity contribution in [3.05, 3.63) is 34.8 Å². The van der Waals surface area contributed by atoms with Crippen molar-refractivity contribution in [2.75, 3.05) is 11.9 Å². The number of rotatable bonds is 6. The summed E-state index contributed by atoms with van der Waals surface area (Å²) in [6.45, 7) is 3.53. The third-order valence-electron chi connectivity index (χ3n) is 2.12. The number of nitrogens with zero attached hydrogens (tertiary/aromatic N) is 2. The first-order valence-electron chi connectivity index (χ1n) is 5.59. The quantitative estimate of drug-likeness (QED) is 0.855. The monoisotopic (exact) mass is 249 g/mol. The minimum absolute atomic E-state index is 0.621. The Bertz CT molecular complexity index is 445. The van der Waals surface area contributed by atoms with E-state index in [4.69, 9.17) is 4.74 Å². The van der Waals surface area contributed by atoms with E-state index in [-0.39, 0.29) is 0 Å². The normalized spacial score (nSPS) is 10.2. The van der Waals surface area contributed by atoms with Crippen LogP contribution in [0, 0.1) is 0 Å². The molecule has 0 saturated heterocycles. The second-order valence-electron chi connectivity index (χ2n) is 3.52. The van der Waals surface area contributed by atoms with Crippen LogP contribution in [0.25, 0.3) is 0 Å². The van der Waals surface area contributed by atoms with Gasteiger partial charge >= 0.3 is 0 Å². The maximum absolute atomic E-state index is 5.44. The summed E-state index contributed by atoms with van der Waals surface area (Å²) in [5.41, 5.74) is 0. The number of ether oxygens (including phenoxy) is 1. The fourth-order valence-corrected chi connectivity index (χ4v) is 1.96. The molecule has 0 unspecified atom stereocenters. The first-order valence-corrected chi connectivity index (χ1v) is 6.47. The zero-order valence-electron chi connectivity index (χ0n) is 9.72. The van der Waals surface area contributed by atoms with Gasteiger partial charge in [0.25, 0.3) is 0 Å². The lowest BCUT2D eigenvalue weighted by atomic mass is 10.4. The number of nitrogens with one attached hydrogen (secondary N) is 1. The molecule has 4 nitrogen and oxygen atoms in total. The number of hydrogen-bond donors (Lipinski definition) is 1. The summed E-state index contributed by atoms with van der Waals surface area (Å²) in [4.78, 5) is 9.48. The molecule has 0 aliphatic carbocycles.